The number of likely N-dealkylation sites (tertiary alicyclic amines) is 1. The molecule has 2 fully saturated rings. The molecule has 2 aliphatic rings. The van der Waals surface area contributed by atoms with Crippen LogP contribution in [0.2, 0.25) is 0 Å². The summed E-state index contributed by atoms with van der Waals surface area (Å²) in [6.07, 6.45) is 2.19. The normalized spacial score (nSPS) is 20.8. The molecule has 0 radical (unpaired) electrons. The zero-order valence-corrected chi connectivity index (χ0v) is 18.6. The van der Waals surface area contributed by atoms with Crippen molar-refractivity contribution in [3.05, 3.63) is 59.9 Å². The minimum atomic E-state index is -4.49. The minimum absolute atomic E-state index is 0.0368. The standard InChI is InChI=1S/C23H28F3N3O2S/c24-23(25,26)20-1-3-21(4-2-20)32(30,31)22(19-7-13-28-14-8-19)29-15-9-18(10-16-29)17-5-11-27-12-6-17/h1-6,11-12,18-19,22,28H,7-10,13-16H2. The summed E-state index contributed by atoms with van der Waals surface area (Å²) in [6, 6.07) is 7.95. The molecule has 174 valence electrons. The van der Waals surface area contributed by atoms with E-state index in [1.807, 2.05) is 17.0 Å². The summed E-state index contributed by atoms with van der Waals surface area (Å²) in [6.45, 7) is 2.78. The Labute approximate surface area is 187 Å². The summed E-state index contributed by atoms with van der Waals surface area (Å²) in [7, 11) is -3.82. The van der Waals surface area contributed by atoms with Crippen LogP contribution in [0.3, 0.4) is 0 Å². The SMILES string of the molecule is O=S(=O)(c1ccc(C(F)(F)F)cc1)C(C1CCNCC1)N1CCC(c2ccncc2)CC1. The van der Waals surface area contributed by atoms with Gasteiger partial charge in [0.05, 0.1) is 10.5 Å². The summed E-state index contributed by atoms with van der Waals surface area (Å²) in [4.78, 5) is 6.07. The quantitative estimate of drug-likeness (QED) is 0.718. The topological polar surface area (TPSA) is 62.3 Å². The third kappa shape index (κ3) is 5.00. The van der Waals surface area contributed by atoms with Crippen molar-refractivity contribution in [3.8, 4) is 0 Å². The third-order valence-electron chi connectivity index (χ3n) is 6.68. The maximum absolute atomic E-state index is 13.7. The molecule has 0 spiro atoms. The number of hydrogen-bond acceptors (Lipinski definition) is 5. The molecule has 9 heteroatoms. The van der Waals surface area contributed by atoms with Crippen LogP contribution in [0.25, 0.3) is 0 Å². The molecule has 0 saturated carbocycles. The Hall–Kier alpha value is -1.97. The van der Waals surface area contributed by atoms with Crippen molar-refractivity contribution in [2.45, 2.75) is 48.0 Å². The molecule has 2 aliphatic heterocycles. The van der Waals surface area contributed by atoms with Gasteiger partial charge >= 0.3 is 6.18 Å². The fraction of sp³-hybridized carbons (Fsp3) is 0.522. The molecule has 0 aliphatic carbocycles. The first-order chi connectivity index (χ1) is 15.3. The van der Waals surface area contributed by atoms with Crippen LogP contribution in [0.1, 0.15) is 42.7 Å². The molecule has 2 aromatic rings. The van der Waals surface area contributed by atoms with E-state index in [0.717, 1.165) is 63.0 Å². The lowest BCUT2D eigenvalue weighted by Gasteiger charge is -2.42. The molecule has 3 heterocycles. The summed E-state index contributed by atoms with van der Waals surface area (Å²) in [5.41, 5.74) is 0.372. The van der Waals surface area contributed by atoms with Gasteiger partial charge in [-0.1, -0.05) is 0 Å². The van der Waals surface area contributed by atoms with Crippen molar-refractivity contribution in [3.63, 3.8) is 0 Å². The molecular formula is C23H28F3N3O2S. The minimum Gasteiger partial charge on any atom is -0.317 e. The number of halogens is 3. The van der Waals surface area contributed by atoms with E-state index in [4.69, 9.17) is 0 Å². The lowest BCUT2D eigenvalue weighted by atomic mass is 9.89. The molecule has 1 aromatic heterocycles. The third-order valence-corrected chi connectivity index (χ3v) is 8.93. The highest BCUT2D eigenvalue weighted by Crippen LogP contribution is 2.36. The van der Waals surface area contributed by atoms with Gasteiger partial charge in [-0.2, -0.15) is 13.2 Å². The highest BCUT2D eigenvalue weighted by atomic mass is 32.2. The van der Waals surface area contributed by atoms with Crippen LogP contribution >= 0.6 is 0 Å². The molecule has 4 rings (SSSR count). The van der Waals surface area contributed by atoms with Crippen LogP contribution in [-0.2, 0) is 16.0 Å². The monoisotopic (exact) mass is 467 g/mol. The lowest BCUT2D eigenvalue weighted by Crippen LogP contribution is -2.51. The van der Waals surface area contributed by atoms with Gasteiger partial charge in [0, 0.05) is 12.4 Å². The summed E-state index contributed by atoms with van der Waals surface area (Å²) in [5, 5.41) is 2.55. The van der Waals surface area contributed by atoms with Crippen molar-refractivity contribution < 1.29 is 21.6 Å². The fourth-order valence-electron chi connectivity index (χ4n) is 4.97. The average molecular weight is 468 g/mol. The summed E-state index contributed by atoms with van der Waals surface area (Å²) < 4.78 is 66.3. The maximum Gasteiger partial charge on any atom is 0.416 e. The van der Waals surface area contributed by atoms with Crippen LogP contribution in [-0.4, -0.2) is 49.9 Å². The first kappa shape index (κ1) is 23.2. The van der Waals surface area contributed by atoms with Crippen molar-refractivity contribution in [2.75, 3.05) is 26.2 Å². The first-order valence-electron chi connectivity index (χ1n) is 11.0. The first-order valence-corrected chi connectivity index (χ1v) is 12.6. The van der Waals surface area contributed by atoms with E-state index >= 15 is 0 Å². The Balaban J connectivity index is 1.58. The van der Waals surface area contributed by atoms with Gasteiger partial charge in [-0.05, 0) is 106 Å². The number of aromatic nitrogens is 1. The number of nitrogens with zero attached hydrogens (tertiary/aromatic N) is 2. The number of benzene rings is 1. The van der Waals surface area contributed by atoms with E-state index in [1.165, 1.54) is 5.56 Å². The smallest absolute Gasteiger partial charge is 0.317 e. The van der Waals surface area contributed by atoms with Crippen molar-refractivity contribution in [1.29, 1.82) is 0 Å². The molecule has 32 heavy (non-hydrogen) atoms. The van der Waals surface area contributed by atoms with E-state index < -0.39 is 27.0 Å². The lowest BCUT2D eigenvalue weighted by molar-refractivity contribution is -0.137. The second-order valence-electron chi connectivity index (χ2n) is 8.64. The van der Waals surface area contributed by atoms with Gasteiger partial charge in [-0.15, -0.1) is 0 Å². The number of rotatable bonds is 5. The number of nitrogens with one attached hydrogen (secondary N) is 1. The predicted octanol–water partition coefficient (Wildman–Crippen LogP) is 4.08. The highest BCUT2D eigenvalue weighted by molar-refractivity contribution is 7.92. The zero-order chi connectivity index (χ0) is 22.8. The van der Waals surface area contributed by atoms with Crippen LogP contribution < -0.4 is 5.32 Å². The molecule has 0 amide bonds. The Morgan fingerprint density at radius 3 is 2.09 bits per heavy atom. The number of pyridine rings is 1. The zero-order valence-electron chi connectivity index (χ0n) is 17.8. The molecule has 5 nitrogen and oxygen atoms in total. The summed E-state index contributed by atoms with van der Waals surface area (Å²) in [5.74, 6) is 0.303. The van der Waals surface area contributed by atoms with E-state index in [-0.39, 0.29) is 10.8 Å². The van der Waals surface area contributed by atoms with Gasteiger partial charge in [-0.3, -0.25) is 9.88 Å². The average Bonchev–Trinajstić information content (AvgIpc) is 2.80. The largest absolute Gasteiger partial charge is 0.416 e. The molecule has 1 unspecified atom stereocenters. The van der Waals surface area contributed by atoms with E-state index in [9.17, 15) is 21.6 Å². The molecule has 1 atom stereocenters. The van der Waals surface area contributed by atoms with Crippen LogP contribution in [0.15, 0.2) is 53.7 Å². The van der Waals surface area contributed by atoms with Crippen molar-refractivity contribution >= 4 is 9.84 Å². The Bertz CT molecular complexity index is 983. The van der Waals surface area contributed by atoms with Crippen LogP contribution in [0.5, 0.6) is 0 Å². The summed E-state index contributed by atoms with van der Waals surface area (Å²) >= 11 is 0. The van der Waals surface area contributed by atoms with Crippen molar-refractivity contribution in [1.82, 2.24) is 15.2 Å². The Morgan fingerprint density at radius 2 is 1.53 bits per heavy atom. The molecule has 1 aromatic carbocycles. The molecule has 0 bridgehead atoms. The maximum atomic E-state index is 13.7. The fourth-order valence-corrected chi connectivity index (χ4v) is 7.15. The van der Waals surface area contributed by atoms with Crippen LogP contribution in [0, 0.1) is 5.92 Å². The number of piperidine rings is 2. The Kier molecular flexibility index (Phi) is 6.88. The van der Waals surface area contributed by atoms with Gasteiger partial charge in [0.1, 0.15) is 5.37 Å². The van der Waals surface area contributed by atoms with Gasteiger partial charge in [0.15, 0.2) is 9.84 Å². The Morgan fingerprint density at radius 1 is 0.938 bits per heavy atom. The second kappa shape index (κ2) is 9.49. The van der Waals surface area contributed by atoms with E-state index in [0.29, 0.717) is 19.0 Å². The number of sulfone groups is 1. The predicted molar refractivity (Wildman–Crippen MR) is 116 cm³/mol. The number of alkyl halides is 3. The van der Waals surface area contributed by atoms with Gasteiger partial charge in [-0.25, -0.2) is 8.42 Å². The highest BCUT2D eigenvalue weighted by Gasteiger charge is 2.41. The number of hydrogen-bond donors (Lipinski definition) is 1. The van der Waals surface area contributed by atoms with Gasteiger partial charge in [0.25, 0.3) is 0 Å². The van der Waals surface area contributed by atoms with Crippen molar-refractivity contribution in [2.24, 2.45) is 5.92 Å². The molecule has 2 saturated heterocycles. The second-order valence-corrected chi connectivity index (χ2v) is 10.7. The van der Waals surface area contributed by atoms with Gasteiger partial charge in [0.2, 0.25) is 0 Å². The van der Waals surface area contributed by atoms with E-state index in [2.05, 4.69) is 10.3 Å². The van der Waals surface area contributed by atoms with Gasteiger partial charge < -0.3 is 5.32 Å². The van der Waals surface area contributed by atoms with E-state index in [1.54, 1.807) is 12.4 Å². The van der Waals surface area contributed by atoms with Crippen LogP contribution in [0.4, 0.5) is 13.2 Å². The molecular weight excluding hydrogens is 439 g/mol. The molecule has 1 N–H and O–H groups in total.